The van der Waals surface area contributed by atoms with Crippen molar-refractivity contribution in [3.8, 4) is 0 Å². The Morgan fingerprint density at radius 1 is 1.46 bits per heavy atom. The van der Waals surface area contributed by atoms with E-state index in [-0.39, 0.29) is 17.9 Å². The second-order valence-corrected chi connectivity index (χ2v) is 4.03. The van der Waals surface area contributed by atoms with Gasteiger partial charge in [0.25, 0.3) is 0 Å². The summed E-state index contributed by atoms with van der Waals surface area (Å²) in [6, 6.07) is 0. The molecule has 0 aromatic heterocycles. The fourth-order valence-electron chi connectivity index (χ4n) is 1.79. The second kappa shape index (κ2) is 3.36. The number of aliphatic carboxylic acids is 1. The van der Waals surface area contributed by atoms with Crippen molar-refractivity contribution < 1.29 is 14.7 Å². The van der Waals surface area contributed by atoms with Crippen molar-refractivity contribution in [2.45, 2.75) is 38.6 Å². The van der Waals surface area contributed by atoms with Gasteiger partial charge in [-0.2, -0.15) is 0 Å². The van der Waals surface area contributed by atoms with Crippen LogP contribution in [0.2, 0.25) is 0 Å². The fourth-order valence-corrected chi connectivity index (χ4v) is 1.79. The summed E-state index contributed by atoms with van der Waals surface area (Å²) in [5.74, 6) is -1.32. The highest BCUT2D eigenvalue weighted by Crippen LogP contribution is 2.28. The van der Waals surface area contributed by atoms with Crippen LogP contribution in [0.1, 0.15) is 33.1 Å². The minimum atomic E-state index is -1.05. The van der Waals surface area contributed by atoms with Crippen molar-refractivity contribution in [2.24, 2.45) is 0 Å². The Labute approximate surface area is 77.5 Å². The molecule has 0 aromatic carbocycles. The van der Waals surface area contributed by atoms with Crippen molar-refractivity contribution in [2.75, 3.05) is 6.54 Å². The number of amides is 1. The average molecular weight is 185 g/mol. The Hall–Kier alpha value is -1.06. The molecule has 0 radical (unpaired) electrons. The van der Waals surface area contributed by atoms with Crippen molar-refractivity contribution in [3.05, 3.63) is 0 Å². The zero-order valence-corrected chi connectivity index (χ0v) is 8.04. The first-order valence-electron chi connectivity index (χ1n) is 4.46. The molecule has 0 aliphatic carbocycles. The highest BCUT2D eigenvalue weighted by molar-refractivity contribution is 5.93. The largest absolute Gasteiger partial charge is 0.481 e. The second-order valence-electron chi connectivity index (χ2n) is 4.03. The quantitative estimate of drug-likeness (QED) is 0.649. The molecule has 0 saturated carbocycles. The average Bonchev–Trinajstić information content (AvgIpc) is 2.27. The smallest absolute Gasteiger partial charge is 0.312 e. The molecule has 1 heterocycles. The van der Waals surface area contributed by atoms with Crippen LogP contribution in [0.4, 0.5) is 0 Å². The van der Waals surface area contributed by atoms with Gasteiger partial charge in [-0.1, -0.05) is 0 Å². The summed E-state index contributed by atoms with van der Waals surface area (Å²) in [5.41, 5.74) is -0.160. The molecule has 13 heavy (non-hydrogen) atoms. The van der Waals surface area contributed by atoms with Crippen LogP contribution in [0, 0.1) is 0 Å². The van der Waals surface area contributed by atoms with Gasteiger partial charge in [0.15, 0.2) is 0 Å². The topological polar surface area (TPSA) is 57.6 Å². The first-order valence-corrected chi connectivity index (χ1v) is 4.46. The molecule has 0 atom stereocenters. The number of likely N-dealkylation sites (tertiary alicyclic amines) is 1. The highest BCUT2D eigenvalue weighted by atomic mass is 16.4. The van der Waals surface area contributed by atoms with Crippen LogP contribution in [-0.4, -0.2) is 34.0 Å². The molecule has 1 fully saturated rings. The SMILES string of the molecule is CC1(C)CCCN1C(=O)CC(=O)O. The molecule has 74 valence electrons. The minimum Gasteiger partial charge on any atom is -0.481 e. The Morgan fingerprint density at radius 3 is 2.46 bits per heavy atom. The molecule has 1 aliphatic rings. The van der Waals surface area contributed by atoms with E-state index in [2.05, 4.69) is 0 Å². The van der Waals surface area contributed by atoms with Crippen molar-refractivity contribution in [1.82, 2.24) is 4.90 Å². The van der Waals surface area contributed by atoms with Gasteiger partial charge in [0.2, 0.25) is 5.91 Å². The summed E-state index contributed by atoms with van der Waals surface area (Å²) in [5, 5.41) is 8.47. The summed E-state index contributed by atoms with van der Waals surface area (Å²) in [4.78, 5) is 23.4. The number of rotatable bonds is 2. The monoisotopic (exact) mass is 185 g/mol. The minimum absolute atomic E-state index is 0.160. The third-order valence-corrected chi connectivity index (χ3v) is 2.50. The van der Waals surface area contributed by atoms with Crippen LogP contribution in [0.25, 0.3) is 0 Å². The maximum absolute atomic E-state index is 11.4. The first kappa shape index (κ1) is 10.0. The molecule has 0 spiro atoms. The molecule has 0 bridgehead atoms. The third-order valence-electron chi connectivity index (χ3n) is 2.50. The molecule has 1 rings (SSSR count). The molecular weight excluding hydrogens is 170 g/mol. The van der Waals surface area contributed by atoms with Gasteiger partial charge >= 0.3 is 5.97 Å². The van der Waals surface area contributed by atoms with Gasteiger partial charge in [-0.15, -0.1) is 0 Å². The molecule has 0 aromatic rings. The summed E-state index contributed by atoms with van der Waals surface area (Å²) in [7, 11) is 0. The molecule has 4 heteroatoms. The van der Waals surface area contributed by atoms with Gasteiger partial charge in [0.1, 0.15) is 6.42 Å². The standard InChI is InChI=1S/C9H15NO3/c1-9(2)4-3-5-10(9)7(11)6-8(12)13/h3-6H2,1-2H3,(H,12,13). The van der Waals surface area contributed by atoms with Crippen molar-refractivity contribution in [1.29, 1.82) is 0 Å². The Bertz CT molecular complexity index is 235. The van der Waals surface area contributed by atoms with Crippen LogP contribution >= 0.6 is 0 Å². The molecular formula is C9H15NO3. The number of carbonyl (C=O) groups excluding carboxylic acids is 1. The lowest BCUT2D eigenvalue weighted by molar-refractivity contribution is -0.145. The molecule has 1 amide bonds. The van der Waals surface area contributed by atoms with Crippen LogP contribution in [0.5, 0.6) is 0 Å². The number of carboxylic acid groups (broad SMARTS) is 1. The van der Waals surface area contributed by atoms with Crippen LogP contribution in [0.3, 0.4) is 0 Å². The van der Waals surface area contributed by atoms with Gasteiger partial charge in [0.05, 0.1) is 0 Å². The lowest BCUT2D eigenvalue weighted by Crippen LogP contribution is -2.43. The normalized spacial score (nSPS) is 20.3. The third kappa shape index (κ3) is 2.20. The van der Waals surface area contributed by atoms with Gasteiger partial charge < -0.3 is 10.0 Å². The predicted octanol–water partition coefficient (Wildman–Crippen LogP) is 0.862. The Balaban J connectivity index is 2.61. The van der Waals surface area contributed by atoms with E-state index in [0.717, 1.165) is 12.8 Å². The maximum Gasteiger partial charge on any atom is 0.312 e. The lowest BCUT2D eigenvalue weighted by atomic mass is 10.0. The first-order chi connectivity index (χ1) is 5.93. The van der Waals surface area contributed by atoms with E-state index in [9.17, 15) is 9.59 Å². The van der Waals surface area contributed by atoms with Crippen LogP contribution in [-0.2, 0) is 9.59 Å². The van der Waals surface area contributed by atoms with Gasteiger partial charge in [-0.05, 0) is 26.7 Å². The van der Waals surface area contributed by atoms with Crippen LogP contribution in [0.15, 0.2) is 0 Å². The number of nitrogens with zero attached hydrogens (tertiary/aromatic N) is 1. The van der Waals surface area contributed by atoms with Crippen LogP contribution < -0.4 is 0 Å². The van der Waals surface area contributed by atoms with E-state index in [1.807, 2.05) is 13.8 Å². The maximum atomic E-state index is 11.4. The fraction of sp³-hybridized carbons (Fsp3) is 0.778. The predicted molar refractivity (Wildman–Crippen MR) is 47.3 cm³/mol. The van der Waals surface area contributed by atoms with Gasteiger partial charge in [-0.3, -0.25) is 9.59 Å². The summed E-state index contributed by atoms with van der Waals surface area (Å²) in [6.07, 6.45) is 1.54. The van der Waals surface area contributed by atoms with Gasteiger partial charge in [0, 0.05) is 12.1 Å². The summed E-state index contributed by atoms with van der Waals surface area (Å²) < 4.78 is 0. The molecule has 1 aliphatic heterocycles. The molecule has 1 saturated heterocycles. The van der Waals surface area contributed by atoms with E-state index < -0.39 is 5.97 Å². The zero-order valence-electron chi connectivity index (χ0n) is 8.04. The van der Waals surface area contributed by atoms with E-state index >= 15 is 0 Å². The molecule has 1 N–H and O–H groups in total. The molecule has 4 nitrogen and oxygen atoms in total. The van der Waals surface area contributed by atoms with E-state index in [1.54, 1.807) is 4.90 Å². The summed E-state index contributed by atoms with van der Waals surface area (Å²) >= 11 is 0. The number of hydrogen-bond acceptors (Lipinski definition) is 2. The Morgan fingerprint density at radius 2 is 2.08 bits per heavy atom. The zero-order chi connectivity index (χ0) is 10.1. The van der Waals surface area contributed by atoms with E-state index in [0.29, 0.717) is 6.54 Å². The van der Waals surface area contributed by atoms with E-state index in [1.165, 1.54) is 0 Å². The Kier molecular flexibility index (Phi) is 2.59. The lowest BCUT2D eigenvalue weighted by Gasteiger charge is -2.31. The van der Waals surface area contributed by atoms with E-state index in [4.69, 9.17) is 5.11 Å². The number of hydrogen-bond donors (Lipinski definition) is 1. The van der Waals surface area contributed by atoms with Gasteiger partial charge in [-0.25, -0.2) is 0 Å². The number of carboxylic acids is 1. The molecule has 0 unspecified atom stereocenters. The van der Waals surface area contributed by atoms with Crippen molar-refractivity contribution >= 4 is 11.9 Å². The highest BCUT2D eigenvalue weighted by Gasteiger charge is 2.35. The number of carbonyl (C=O) groups is 2. The summed E-state index contributed by atoms with van der Waals surface area (Å²) in [6.45, 7) is 4.64. The van der Waals surface area contributed by atoms with Crippen molar-refractivity contribution in [3.63, 3.8) is 0 Å².